The molecule has 24 heavy (non-hydrogen) atoms. The zero-order valence-electron chi connectivity index (χ0n) is 13.4. The Morgan fingerprint density at radius 3 is 2.50 bits per heavy atom. The summed E-state index contributed by atoms with van der Waals surface area (Å²) in [5, 5.41) is 2.79. The lowest BCUT2D eigenvalue weighted by atomic mass is 10.2. The minimum absolute atomic E-state index is 0.0265. The van der Waals surface area contributed by atoms with E-state index < -0.39 is 0 Å². The molecule has 1 atom stereocenters. The molecule has 0 spiro atoms. The van der Waals surface area contributed by atoms with Gasteiger partial charge in [0.05, 0.1) is 6.10 Å². The van der Waals surface area contributed by atoms with Crippen LogP contribution in [-0.4, -0.2) is 31.8 Å². The summed E-state index contributed by atoms with van der Waals surface area (Å²) in [4.78, 5) is 11.9. The Morgan fingerprint density at radius 2 is 1.79 bits per heavy atom. The van der Waals surface area contributed by atoms with Crippen LogP contribution in [0.3, 0.4) is 0 Å². The number of carbonyl (C=O) groups excluding carboxylic acids is 1. The molecule has 2 aromatic carbocycles. The molecule has 5 heteroatoms. The third-order valence-electron chi connectivity index (χ3n) is 3.71. The molecular weight excluding hydrogens is 306 g/mol. The summed E-state index contributed by atoms with van der Waals surface area (Å²) in [6.07, 6.45) is 2.35. The van der Waals surface area contributed by atoms with Crippen LogP contribution in [0.1, 0.15) is 12.8 Å². The summed E-state index contributed by atoms with van der Waals surface area (Å²) >= 11 is 0. The van der Waals surface area contributed by atoms with Crippen molar-refractivity contribution in [1.82, 2.24) is 0 Å². The van der Waals surface area contributed by atoms with E-state index in [2.05, 4.69) is 5.32 Å². The fraction of sp³-hybridized carbons (Fsp3) is 0.316. The lowest BCUT2D eigenvalue weighted by molar-refractivity contribution is -0.118. The van der Waals surface area contributed by atoms with Gasteiger partial charge >= 0.3 is 0 Å². The SMILES string of the molecule is O=C(COc1ccccc1)Nc1ccc(OC[C@H]2CCCO2)cc1. The van der Waals surface area contributed by atoms with E-state index in [9.17, 15) is 4.79 Å². The van der Waals surface area contributed by atoms with Crippen LogP contribution in [0.2, 0.25) is 0 Å². The predicted octanol–water partition coefficient (Wildman–Crippen LogP) is 3.26. The van der Waals surface area contributed by atoms with Crippen LogP contribution >= 0.6 is 0 Å². The minimum atomic E-state index is -0.202. The van der Waals surface area contributed by atoms with Gasteiger partial charge in [-0.2, -0.15) is 0 Å². The van der Waals surface area contributed by atoms with Crippen LogP contribution in [0.25, 0.3) is 0 Å². The predicted molar refractivity (Wildman–Crippen MR) is 91.5 cm³/mol. The van der Waals surface area contributed by atoms with Gasteiger partial charge in [-0.15, -0.1) is 0 Å². The molecule has 0 bridgehead atoms. The molecule has 2 aromatic rings. The Balaban J connectivity index is 1.42. The number of anilines is 1. The van der Waals surface area contributed by atoms with Gasteiger partial charge in [0, 0.05) is 12.3 Å². The second kappa shape index (κ2) is 8.36. The summed E-state index contributed by atoms with van der Waals surface area (Å²) < 4.78 is 16.6. The van der Waals surface area contributed by atoms with E-state index in [-0.39, 0.29) is 18.6 Å². The average Bonchev–Trinajstić information content (AvgIpc) is 3.14. The molecule has 126 valence electrons. The van der Waals surface area contributed by atoms with Crippen molar-refractivity contribution in [2.24, 2.45) is 0 Å². The minimum Gasteiger partial charge on any atom is -0.491 e. The van der Waals surface area contributed by atoms with Crippen LogP contribution in [0.4, 0.5) is 5.69 Å². The maximum Gasteiger partial charge on any atom is 0.262 e. The van der Waals surface area contributed by atoms with E-state index in [0.717, 1.165) is 25.2 Å². The standard InChI is InChI=1S/C19H21NO4/c21-19(14-24-16-5-2-1-3-6-16)20-15-8-10-17(11-9-15)23-13-18-7-4-12-22-18/h1-3,5-6,8-11,18H,4,7,12-14H2,(H,20,21)/t18-/m1/s1. The zero-order valence-corrected chi connectivity index (χ0v) is 13.4. The normalized spacial score (nSPS) is 16.6. The van der Waals surface area contributed by atoms with Gasteiger partial charge in [0.1, 0.15) is 18.1 Å². The number of benzene rings is 2. The monoisotopic (exact) mass is 327 g/mol. The van der Waals surface area contributed by atoms with Crippen molar-refractivity contribution in [3.05, 3.63) is 54.6 Å². The van der Waals surface area contributed by atoms with E-state index in [1.807, 2.05) is 54.6 Å². The summed E-state index contributed by atoms with van der Waals surface area (Å²) in [6.45, 7) is 1.36. The number of amides is 1. The number of carbonyl (C=O) groups is 1. The van der Waals surface area contributed by atoms with Crippen LogP contribution in [0.5, 0.6) is 11.5 Å². The molecule has 1 N–H and O–H groups in total. The average molecular weight is 327 g/mol. The van der Waals surface area contributed by atoms with Crippen LogP contribution < -0.4 is 14.8 Å². The molecule has 0 saturated carbocycles. The second-order valence-electron chi connectivity index (χ2n) is 5.62. The van der Waals surface area contributed by atoms with Crippen molar-refractivity contribution in [1.29, 1.82) is 0 Å². The molecule has 1 saturated heterocycles. The molecule has 1 aliphatic rings. The van der Waals surface area contributed by atoms with Crippen molar-refractivity contribution in [2.45, 2.75) is 18.9 Å². The molecule has 1 heterocycles. The molecule has 0 unspecified atom stereocenters. The third-order valence-corrected chi connectivity index (χ3v) is 3.71. The first-order valence-electron chi connectivity index (χ1n) is 8.12. The zero-order chi connectivity index (χ0) is 16.6. The molecule has 1 fully saturated rings. The van der Waals surface area contributed by atoms with Gasteiger partial charge in [-0.3, -0.25) is 4.79 Å². The van der Waals surface area contributed by atoms with E-state index in [1.54, 1.807) is 0 Å². The van der Waals surface area contributed by atoms with Gasteiger partial charge < -0.3 is 19.5 Å². The number of para-hydroxylation sites is 1. The van der Waals surface area contributed by atoms with Crippen molar-refractivity contribution in [3.8, 4) is 11.5 Å². The molecule has 1 aliphatic heterocycles. The van der Waals surface area contributed by atoms with E-state index in [0.29, 0.717) is 18.0 Å². The van der Waals surface area contributed by atoms with Gasteiger partial charge in [-0.25, -0.2) is 0 Å². The fourth-order valence-corrected chi connectivity index (χ4v) is 2.46. The number of hydrogen-bond acceptors (Lipinski definition) is 4. The van der Waals surface area contributed by atoms with E-state index >= 15 is 0 Å². The van der Waals surface area contributed by atoms with Crippen molar-refractivity contribution >= 4 is 11.6 Å². The van der Waals surface area contributed by atoms with E-state index in [4.69, 9.17) is 14.2 Å². The molecule has 3 rings (SSSR count). The van der Waals surface area contributed by atoms with Gasteiger partial charge in [0.2, 0.25) is 0 Å². The highest BCUT2D eigenvalue weighted by molar-refractivity contribution is 5.91. The van der Waals surface area contributed by atoms with Crippen molar-refractivity contribution < 1.29 is 19.0 Å². The Hall–Kier alpha value is -2.53. The Morgan fingerprint density at radius 1 is 1.04 bits per heavy atom. The second-order valence-corrected chi connectivity index (χ2v) is 5.62. The maximum atomic E-state index is 11.9. The van der Waals surface area contributed by atoms with Crippen molar-refractivity contribution in [2.75, 3.05) is 25.1 Å². The number of rotatable bonds is 7. The summed E-state index contributed by atoms with van der Waals surface area (Å²) in [5.41, 5.74) is 0.709. The molecule has 0 aliphatic carbocycles. The van der Waals surface area contributed by atoms with Gasteiger partial charge in [-0.1, -0.05) is 18.2 Å². The van der Waals surface area contributed by atoms with Crippen LogP contribution in [0.15, 0.2) is 54.6 Å². The van der Waals surface area contributed by atoms with Gasteiger partial charge in [0.25, 0.3) is 5.91 Å². The lowest BCUT2D eigenvalue weighted by Gasteiger charge is -2.12. The first-order valence-corrected chi connectivity index (χ1v) is 8.12. The molecule has 0 aromatic heterocycles. The lowest BCUT2D eigenvalue weighted by Crippen LogP contribution is -2.20. The van der Waals surface area contributed by atoms with Crippen molar-refractivity contribution in [3.63, 3.8) is 0 Å². The quantitative estimate of drug-likeness (QED) is 0.848. The highest BCUT2D eigenvalue weighted by Crippen LogP contribution is 2.18. The van der Waals surface area contributed by atoms with Crippen LogP contribution in [0, 0.1) is 0 Å². The molecular formula is C19H21NO4. The number of nitrogens with one attached hydrogen (secondary N) is 1. The molecule has 0 radical (unpaired) electrons. The third kappa shape index (κ3) is 4.99. The molecule has 5 nitrogen and oxygen atoms in total. The topological polar surface area (TPSA) is 56.8 Å². The summed E-state index contributed by atoms with van der Waals surface area (Å²) in [6, 6.07) is 16.5. The van der Waals surface area contributed by atoms with E-state index in [1.165, 1.54) is 0 Å². The summed E-state index contributed by atoms with van der Waals surface area (Å²) in [7, 11) is 0. The van der Waals surface area contributed by atoms with Gasteiger partial charge in [0.15, 0.2) is 6.61 Å². The number of hydrogen-bond donors (Lipinski definition) is 1. The fourth-order valence-electron chi connectivity index (χ4n) is 2.46. The maximum absolute atomic E-state index is 11.9. The van der Waals surface area contributed by atoms with Crippen LogP contribution in [-0.2, 0) is 9.53 Å². The number of ether oxygens (including phenoxy) is 3. The Bertz CT molecular complexity index is 636. The highest BCUT2D eigenvalue weighted by Gasteiger charge is 2.15. The Kier molecular flexibility index (Phi) is 5.69. The largest absolute Gasteiger partial charge is 0.491 e. The molecule has 1 amide bonds. The summed E-state index contributed by atoms with van der Waals surface area (Å²) in [5.74, 6) is 1.24. The smallest absolute Gasteiger partial charge is 0.262 e. The first kappa shape index (κ1) is 16.3. The highest BCUT2D eigenvalue weighted by atomic mass is 16.5. The first-order chi connectivity index (χ1) is 11.8. The van der Waals surface area contributed by atoms with Gasteiger partial charge in [-0.05, 0) is 49.2 Å². The Labute approximate surface area is 141 Å².